The minimum Gasteiger partial charge on any atom is -0.0804 e. The van der Waals surface area contributed by atoms with Gasteiger partial charge >= 0.3 is 0 Å². The molecular weight excluding hydrogens is 240 g/mol. The first kappa shape index (κ1) is 10.2. The van der Waals surface area contributed by atoms with Gasteiger partial charge in [0.2, 0.25) is 0 Å². The maximum atomic E-state index is 2.49. The highest BCUT2D eigenvalue weighted by molar-refractivity contribution is 5.50. The summed E-state index contributed by atoms with van der Waals surface area (Å²) in [6, 6.07) is 0. The molecule has 0 bridgehead atoms. The number of hydrogen-bond acceptors (Lipinski definition) is 0. The van der Waals surface area contributed by atoms with Gasteiger partial charge in [0.05, 0.1) is 0 Å². The third-order valence-electron chi connectivity index (χ3n) is 7.21. The first-order valence-corrected chi connectivity index (χ1v) is 7.98. The summed E-state index contributed by atoms with van der Waals surface area (Å²) in [4.78, 5) is 0. The zero-order valence-electron chi connectivity index (χ0n) is 11.4. The highest BCUT2D eigenvalue weighted by atomic mass is 14.8. The summed E-state index contributed by atoms with van der Waals surface area (Å²) < 4.78 is 0. The average Bonchev–Trinajstić information content (AvgIpc) is 3.19. The summed E-state index contributed by atoms with van der Waals surface area (Å²) in [5.74, 6) is 3.83. The van der Waals surface area contributed by atoms with Crippen molar-refractivity contribution in [2.45, 2.75) is 0 Å². The van der Waals surface area contributed by atoms with E-state index in [-0.39, 0.29) is 0 Å². The first-order chi connectivity index (χ1) is 9.88. The fraction of sp³-hybridized carbons (Fsp3) is 0.400. The van der Waals surface area contributed by atoms with Crippen LogP contribution >= 0.6 is 0 Å². The fourth-order valence-electron chi connectivity index (χ4n) is 6.80. The Morgan fingerprint density at radius 3 is 0.600 bits per heavy atom. The summed E-state index contributed by atoms with van der Waals surface area (Å²) >= 11 is 0. The minimum atomic E-state index is 0.378. The molecule has 6 aliphatic carbocycles. The van der Waals surface area contributed by atoms with Crippen LogP contribution < -0.4 is 0 Å². The molecule has 0 N–H and O–H groups in total. The molecule has 0 heteroatoms. The molecule has 0 unspecified atom stereocenters. The highest BCUT2D eigenvalue weighted by Gasteiger charge is 2.73. The highest BCUT2D eigenvalue weighted by Crippen LogP contribution is 2.77. The molecule has 0 amide bonds. The molecule has 0 aromatic rings. The first-order valence-electron chi connectivity index (χ1n) is 7.98. The van der Waals surface area contributed by atoms with Crippen LogP contribution in [0.15, 0.2) is 72.9 Å². The summed E-state index contributed by atoms with van der Waals surface area (Å²) in [6.45, 7) is 0. The molecule has 0 heterocycles. The lowest BCUT2D eigenvalue weighted by Crippen LogP contribution is -2.54. The van der Waals surface area contributed by atoms with Gasteiger partial charge in [0.1, 0.15) is 0 Å². The van der Waals surface area contributed by atoms with Gasteiger partial charge in [-0.2, -0.15) is 0 Å². The number of allylic oxidation sites excluding steroid dienone is 12. The number of hydrogen-bond donors (Lipinski definition) is 0. The zero-order chi connectivity index (χ0) is 12.9. The van der Waals surface area contributed by atoms with Crippen molar-refractivity contribution in [3.05, 3.63) is 72.9 Å². The molecular formula is C20H18. The predicted molar refractivity (Wildman–Crippen MR) is 80.6 cm³/mol. The summed E-state index contributed by atoms with van der Waals surface area (Å²) in [7, 11) is 0. The van der Waals surface area contributed by atoms with E-state index in [0.717, 1.165) is 0 Å². The van der Waals surface area contributed by atoms with E-state index >= 15 is 0 Å². The molecule has 6 rings (SSSR count). The molecule has 98 valence electrons. The smallest absolute Gasteiger partial charge is 0.00771 e. The Labute approximate surface area is 120 Å². The van der Waals surface area contributed by atoms with E-state index in [9.17, 15) is 0 Å². The SMILES string of the molecule is C1=CC2C=CC3C=CC1C23C12C3C=CC1C=CC2C=C3. The van der Waals surface area contributed by atoms with Gasteiger partial charge in [-0.3, -0.25) is 0 Å². The molecule has 0 aromatic carbocycles. The van der Waals surface area contributed by atoms with Crippen LogP contribution in [0, 0.1) is 46.3 Å². The Bertz CT molecular complexity index is 494. The fourth-order valence-corrected chi connectivity index (χ4v) is 6.80. The summed E-state index contributed by atoms with van der Waals surface area (Å²) in [5.41, 5.74) is 0.757. The Morgan fingerprint density at radius 1 is 0.300 bits per heavy atom. The van der Waals surface area contributed by atoms with Crippen LogP contribution in [0.2, 0.25) is 0 Å². The van der Waals surface area contributed by atoms with Gasteiger partial charge in [-0.1, -0.05) is 72.9 Å². The lowest BCUT2D eigenvalue weighted by molar-refractivity contribution is -0.0518. The second-order valence-electron chi connectivity index (χ2n) is 7.33. The lowest BCUT2D eigenvalue weighted by Gasteiger charge is -2.55. The van der Waals surface area contributed by atoms with E-state index in [4.69, 9.17) is 0 Å². The minimum absolute atomic E-state index is 0.378. The van der Waals surface area contributed by atoms with Crippen molar-refractivity contribution in [1.29, 1.82) is 0 Å². The Hall–Kier alpha value is -1.56. The van der Waals surface area contributed by atoms with Crippen molar-refractivity contribution in [2.24, 2.45) is 46.3 Å². The second kappa shape index (κ2) is 2.88. The van der Waals surface area contributed by atoms with Crippen LogP contribution in [-0.4, -0.2) is 0 Å². The third-order valence-corrected chi connectivity index (χ3v) is 7.21. The van der Waals surface area contributed by atoms with E-state index in [1.54, 1.807) is 0 Å². The van der Waals surface area contributed by atoms with Crippen LogP contribution in [0.1, 0.15) is 0 Å². The van der Waals surface area contributed by atoms with E-state index in [2.05, 4.69) is 72.9 Å². The third kappa shape index (κ3) is 0.727. The van der Waals surface area contributed by atoms with E-state index in [1.807, 2.05) is 0 Å². The zero-order valence-corrected chi connectivity index (χ0v) is 11.4. The van der Waals surface area contributed by atoms with Crippen molar-refractivity contribution in [1.82, 2.24) is 0 Å². The van der Waals surface area contributed by atoms with Gasteiger partial charge in [0.15, 0.2) is 0 Å². The molecule has 0 atom stereocenters. The topological polar surface area (TPSA) is 0 Å². The maximum Gasteiger partial charge on any atom is 0.00771 e. The molecule has 0 saturated carbocycles. The molecule has 0 saturated heterocycles. The quantitative estimate of drug-likeness (QED) is 0.622. The molecule has 0 aromatic heterocycles. The van der Waals surface area contributed by atoms with Gasteiger partial charge in [-0.05, 0) is 0 Å². The Kier molecular flexibility index (Phi) is 1.47. The van der Waals surface area contributed by atoms with Crippen molar-refractivity contribution in [3.8, 4) is 0 Å². The van der Waals surface area contributed by atoms with E-state index in [1.165, 1.54) is 0 Å². The molecule has 0 spiro atoms. The Morgan fingerprint density at radius 2 is 0.450 bits per heavy atom. The average molecular weight is 258 g/mol. The van der Waals surface area contributed by atoms with E-state index in [0.29, 0.717) is 46.3 Å². The molecule has 6 aliphatic rings. The van der Waals surface area contributed by atoms with Crippen molar-refractivity contribution < 1.29 is 0 Å². The van der Waals surface area contributed by atoms with E-state index < -0.39 is 0 Å². The lowest BCUT2D eigenvalue weighted by atomic mass is 9.46. The summed E-state index contributed by atoms with van der Waals surface area (Å²) in [5, 5.41) is 0. The monoisotopic (exact) mass is 258 g/mol. The molecule has 0 nitrogen and oxygen atoms in total. The largest absolute Gasteiger partial charge is 0.0804 e. The van der Waals surface area contributed by atoms with Gasteiger partial charge in [0, 0.05) is 46.3 Å². The van der Waals surface area contributed by atoms with Gasteiger partial charge in [-0.15, -0.1) is 0 Å². The molecule has 0 fully saturated rings. The van der Waals surface area contributed by atoms with Crippen molar-refractivity contribution >= 4 is 0 Å². The molecule has 0 radical (unpaired) electrons. The van der Waals surface area contributed by atoms with Gasteiger partial charge in [-0.25, -0.2) is 0 Å². The van der Waals surface area contributed by atoms with Crippen LogP contribution in [0.25, 0.3) is 0 Å². The summed E-state index contributed by atoms with van der Waals surface area (Å²) in [6.07, 6.45) is 29.9. The van der Waals surface area contributed by atoms with Crippen LogP contribution in [0.4, 0.5) is 0 Å². The van der Waals surface area contributed by atoms with Crippen LogP contribution in [0.5, 0.6) is 0 Å². The van der Waals surface area contributed by atoms with Crippen LogP contribution in [-0.2, 0) is 0 Å². The van der Waals surface area contributed by atoms with Crippen molar-refractivity contribution in [2.75, 3.05) is 0 Å². The molecule has 0 aliphatic heterocycles. The van der Waals surface area contributed by atoms with Crippen molar-refractivity contribution in [3.63, 3.8) is 0 Å². The Balaban J connectivity index is 1.66. The van der Waals surface area contributed by atoms with Gasteiger partial charge in [0.25, 0.3) is 0 Å². The standard InChI is InChI=1S/C20H18/c1-2-14-5-6-15-4-3-13(1)19(14,15)20-16-7-8-17(20)11-12-18(20)10-9-16/h1-18H. The number of rotatable bonds is 1. The maximum absolute atomic E-state index is 2.49. The van der Waals surface area contributed by atoms with Gasteiger partial charge < -0.3 is 0 Å². The normalized spacial score (nSPS) is 61.2. The second-order valence-corrected chi connectivity index (χ2v) is 7.33. The predicted octanol–water partition coefficient (Wildman–Crippen LogP) is 4.08. The van der Waals surface area contributed by atoms with Crippen LogP contribution in [0.3, 0.4) is 0 Å². The molecule has 20 heavy (non-hydrogen) atoms.